The average molecular weight is 240 g/mol. The van der Waals surface area contributed by atoms with Crippen molar-refractivity contribution in [3.8, 4) is 0 Å². The summed E-state index contributed by atoms with van der Waals surface area (Å²) in [7, 11) is 0. The van der Waals surface area contributed by atoms with Crippen molar-refractivity contribution >= 4 is 11.9 Å². The van der Waals surface area contributed by atoms with Crippen molar-refractivity contribution in [2.75, 3.05) is 19.6 Å². The average Bonchev–Trinajstić information content (AvgIpc) is 2.60. The molecule has 17 heavy (non-hydrogen) atoms. The third kappa shape index (κ3) is 2.95. The highest BCUT2D eigenvalue weighted by molar-refractivity contribution is 5.94. The highest BCUT2D eigenvalue weighted by Crippen LogP contribution is 2.35. The number of primary amides is 1. The van der Waals surface area contributed by atoms with Gasteiger partial charge in [0.1, 0.15) is 0 Å². The van der Waals surface area contributed by atoms with E-state index in [-0.39, 0.29) is 18.5 Å². The molecule has 1 saturated heterocycles. The van der Waals surface area contributed by atoms with Crippen molar-refractivity contribution in [2.45, 2.75) is 25.3 Å². The number of hydrogen-bond donors (Lipinski definition) is 3. The van der Waals surface area contributed by atoms with E-state index in [1.807, 2.05) is 0 Å². The lowest BCUT2D eigenvalue weighted by molar-refractivity contribution is -0.120. The number of rotatable bonds is 2. The molecule has 1 saturated carbocycles. The quantitative estimate of drug-likeness (QED) is 0.590. The van der Waals surface area contributed by atoms with Gasteiger partial charge in [-0.15, -0.1) is 0 Å². The first-order valence-electron chi connectivity index (χ1n) is 6.13. The maximum Gasteiger partial charge on any atom is 0.318 e. The highest BCUT2D eigenvalue weighted by atomic mass is 16.2. The van der Waals surface area contributed by atoms with Gasteiger partial charge in [-0.3, -0.25) is 15.0 Å². The molecule has 1 aliphatic carbocycles. The highest BCUT2D eigenvalue weighted by Gasteiger charge is 2.38. The second kappa shape index (κ2) is 5.01. The Bertz CT molecular complexity index is 321. The molecule has 0 aromatic carbocycles. The monoisotopic (exact) mass is 240 g/mol. The van der Waals surface area contributed by atoms with Crippen molar-refractivity contribution in [1.29, 1.82) is 0 Å². The lowest BCUT2D eigenvalue weighted by Crippen LogP contribution is -2.42. The fourth-order valence-corrected chi connectivity index (χ4v) is 3.12. The molecule has 5 N–H and O–H groups in total. The van der Waals surface area contributed by atoms with E-state index in [1.54, 1.807) is 0 Å². The van der Waals surface area contributed by atoms with Crippen LogP contribution in [0.25, 0.3) is 0 Å². The third-order valence-electron chi connectivity index (χ3n) is 3.86. The molecule has 0 radical (unpaired) electrons. The topological polar surface area (TPSA) is 101 Å². The number of carbonyl (C=O) groups excluding carboxylic acids is 2. The SMILES string of the molecule is NC(=O)NC(=O)CN1CC2CCCC(N)C2C1. The zero-order valence-corrected chi connectivity index (χ0v) is 9.89. The second-order valence-corrected chi connectivity index (χ2v) is 5.13. The maximum atomic E-state index is 11.4. The van der Waals surface area contributed by atoms with Gasteiger partial charge in [-0.25, -0.2) is 4.79 Å². The van der Waals surface area contributed by atoms with Crippen LogP contribution in [0.15, 0.2) is 0 Å². The van der Waals surface area contributed by atoms with E-state index in [0.717, 1.165) is 19.5 Å². The zero-order valence-electron chi connectivity index (χ0n) is 9.89. The van der Waals surface area contributed by atoms with Gasteiger partial charge in [0.2, 0.25) is 5.91 Å². The number of hydrogen-bond acceptors (Lipinski definition) is 4. The van der Waals surface area contributed by atoms with Crippen LogP contribution in [0.4, 0.5) is 4.79 Å². The van der Waals surface area contributed by atoms with Crippen LogP contribution in [-0.4, -0.2) is 42.5 Å². The number of amides is 3. The Labute approximate surface area is 101 Å². The zero-order chi connectivity index (χ0) is 12.4. The first-order valence-corrected chi connectivity index (χ1v) is 6.13. The van der Waals surface area contributed by atoms with Gasteiger partial charge in [-0.05, 0) is 24.7 Å². The van der Waals surface area contributed by atoms with Crippen LogP contribution in [0.2, 0.25) is 0 Å². The van der Waals surface area contributed by atoms with Crippen LogP contribution < -0.4 is 16.8 Å². The molecular formula is C11H20N4O2. The molecule has 0 spiro atoms. The second-order valence-electron chi connectivity index (χ2n) is 5.13. The van der Waals surface area contributed by atoms with E-state index in [1.165, 1.54) is 12.8 Å². The Morgan fingerprint density at radius 3 is 2.71 bits per heavy atom. The number of urea groups is 1. The van der Waals surface area contributed by atoms with Gasteiger partial charge in [0.15, 0.2) is 0 Å². The van der Waals surface area contributed by atoms with Crippen LogP contribution in [0, 0.1) is 11.8 Å². The van der Waals surface area contributed by atoms with Crippen molar-refractivity contribution in [2.24, 2.45) is 23.3 Å². The number of fused-ring (bicyclic) bond motifs is 1. The molecule has 6 nitrogen and oxygen atoms in total. The molecule has 1 aliphatic heterocycles. The van der Waals surface area contributed by atoms with E-state index in [2.05, 4.69) is 10.2 Å². The summed E-state index contributed by atoms with van der Waals surface area (Å²) >= 11 is 0. The minimum atomic E-state index is -0.789. The van der Waals surface area contributed by atoms with E-state index in [9.17, 15) is 9.59 Å². The predicted octanol–water partition coefficient (Wildman–Crippen LogP) is -0.759. The van der Waals surface area contributed by atoms with Gasteiger partial charge in [-0.2, -0.15) is 0 Å². The van der Waals surface area contributed by atoms with Gasteiger partial charge in [0.25, 0.3) is 0 Å². The summed E-state index contributed by atoms with van der Waals surface area (Å²) in [6, 6.07) is -0.527. The Balaban J connectivity index is 1.84. The molecule has 96 valence electrons. The van der Waals surface area contributed by atoms with E-state index in [4.69, 9.17) is 11.5 Å². The number of nitrogens with two attached hydrogens (primary N) is 2. The summed E-state index contributed by atoms with van der Waals surface area (Å²) in [5, 5.41) is 2.09. The predicted molar refractivity (Wildman–Crippen MR) is 63.0 cm³/mol. The molecule has 3 unspecified atom stereocenters. The van der Waals surface area contributed by atoms with Crippen molar-refractivity contribution in [1.82, 2.24) is 10.2 Å². The van der Waals surface area contributed by atoms with E-state index < -0.39 is 6.03 Å². The summed E-state index contributed by atoms with van der Waals surface area (Å²) in [6.07, 6.45) is 3.47. The maximum absolute atomic E-state index is 11.4. The molecule has 2 rings (SSSR count). The molecule has 3 atom stereocenters. The lowest BCUT2D eigenvalue weighted by Gasteiger charge is -2.29. The summed E-state index contributed by atoms with van der Waals surface area (Å²) in [4.78, 5) is 24.0. The normalized spacial score (nSPS) is 33.1. The number of carbonyl (C=O) groups is 2. The van der Waals surface area contributed by atoms with Crippen molar-refractivity contribution in [3.05, 3.63) is 0 Å². The third-order valence-corrected chi connectivity index (χ3v) is 3.86. The van der Waals surface area contributed by atoms with E-state index >= 15 is 0 Å². The Morgan fingerprint density at radius 1 is 1.29 bits per heavy atom. The largest absolute Gasteiger partial charge is 0.351 e. The molecule has 2 aliphatic rings. The summed E-state index contributed by atoms with van der Waals surface area (Å²) in [5.74, 6) is 0.787. The van der Waals surface area contributed by atoms with Gasteiger partial charge >= 0.3 is 6.03 Å². The van der Waals surface area contributed by atoms with Crippen LogP contribution in [0.1, 0.15) is 19.3 Å². The smallest absolute Gasteiger partial charge is 0.318 e. The Hall–Kier alpha value is -1.14. The fraction of sp³-hybridized carbons (Fsp3) is 0.818. The first kappa shape index (κ1) is 12.3. The minimum Gasteiger partial charge on any atom is -0.351 e. The van der Waals surface area contributed by atoms with Crippen LogP contribution in [0.5, 0.6) is 0 Å². The van der Waals surface area contributed by atoms with E-state index in [0.29, 0.717) is 11.8 Å². The van der Waals surface area contributed by atoms with Gasteiger partial charge < -0.3 is 11.5 Å². The molecular weight excluding hydrogens is 220 g/mol. The molecule has 6 heteroatoms. The number of nitrogens with one attached hydrogen (secondary N) is 1. The first-order chi connectivity index (χ1) is 8.06. The van der Waals surface area contributed by atoms with Crippen molar-refractivity contribution in [3.63, 3.8) is 0 Å². The van der Waals surface area contributed by atoms with Crippen molar-refractivity contribution < 1.29 is 9.59 Å². The number of likely N-dealkylation sites (tertiary alicyclic amines) is 1. The Kier molecular flexibility index (Phi) is 3.63. The van der Waals surface area contributed by atoms with Gasteiger partial charge in [0.05, 0.1) is 6.54 Å². The van der Waals surface area contributed by atoms with Gasteiger partial charge in [0, 0.05) is 19.1 Å². The molecule has 3 amide bonds. The molecule has 0 bridgehead atoms. The van der Waals surface area contributed by atoms with Crippen LogP contribution in [0.3, 0.4) is 0 Å². The van der Waals surface area contributed by atoms with Crippen LogP contribution >= 0.6 is 0 Å². The summed E-state index contributed by atoms with van der Waals surface area (Å²) in [5.41, 5.74) is 11.0. The van der Waals surface area contributed by atoms with Crippen LogP contribution in [-0.2, 0) is 4.79 Å². The summed E-state index contributed by atoms with van der Waals surface area (Å²) < 4.78 is 0. The fourth-order valence-electron chi connectivity index (χ4n) is 3.12. The Morgan fingerprint density at radius 2 is 2.06 bits per heavy atom. The number of nitrogens with zero attached hydrogens (tertiary/aromatic N) is 1. The molecule has 1 heterocycles. The number of imide groups is 1. The van der Waals surface area contributed by atoms with Gasteiger partial charge in [-0.1, -0.05) is 6.42 Å². The lowest BCUT2D eigenvalue weighted by atomic mass is 9.78. The molecule has 2 fully saturated rings. The summed E-state index contributed by atoms with van der Waals surface area (Å²) in [6.45, 7) is 2.01. The minimum absolute atomic E-state index is 0.239. The molecule has 0 aromatic heterocycles. The molecule has 0 aromatic rings. The standard InChI is InChI=1S/C11H20N4O2/c12-9-3-1-2-7-4-15(5-8(7)9)6-10(16)14-11(13)17/h7-9H,1-6,12H2,(H3,13,14,16,17).